The van der Waals surface area contributed by atoms with Crippen LogP contribution in [-0.2, 0) is 12.4 Å². The summed E-state index contributed by atoms with van der Waals surface area (Å²) in [4.78, 5) is 15.7. The fourth-order valence-corrected chi connectivity index (χ4v) is 3.10. The van der Waals surface area contributed by atoms with Crippen LogP contribution in [0.1, 0.15) is 45.9 Å². The molecule has 0 spiro atoms. The van der Waals surface area contributed by atoms with Crippen molar-refractivity contribution in [1.29, 1.82) is 0 Å². The van der Waals surface area contributed by atoms with Crippen LogP contribution in [0.15, 0.2) is 36.5 Å². The Morgan fingerprint density at radius 2 is 1.75 bits per heavy atom. The highest BCUT2D eigenvalue weighted by atomic mass is 19.4. The Morgan fingerprint density at radius 3 is 2.29 bits per heavy atom. The summed E-state index contributed by atoms with van der Waals surface area (Å²) < 4.78 is 91.1. The smallest absolute Gasteiger partial charge is 0.347 e. The second-order valence-corrected chi connectivity index (χ2v) is 6.40. The zero-order valence-corrected chi connectivity index (χ0v) is 14.0. The van der Waals surface area contributed by atoms with Gasteiger partial charge in [-0.1, -0.05) is 6.07 Å². The molecular formula is C18H13F7N2O. The van der Waals surface area contributed by atoms with Crippen LogP contribution >= 0.6 is 0 Å². The zero-order chi connectivity index (χ0) is 20.7. The highest BCUT2D eigenvalue weighted by Crippen LogP contribution is 2.40. The summed E-state index contributed by atoms with van der Waals surface area (Å²) in [7, 11) is 0. The molecule has 3 nitrogen and oxygen atoms in total. The van der Waals surface area contributed by atoms with Crippen LogP contribution in [0.25, 0.3) is 0 Å². The number of alkyl halides is 6. The first-order chi connectivity index (χ1) is 13.0. The van der Waals surface area contributed by atoms with Crippen molar-refractivity contribution in [2.45, 2.75) is 37.2 Å². The molecular weight excluding hydrogens is 393 g/mol. The van der Waals surface area contributed by atoms with Gasteiger partial charge >= 0.3 is 12.4 Å². The first-order valence-corrected chi connectivity index (χ1v) is 8.18. The highest BCUT2D eigenvalue weighted by Gasteiger charge is 2.40. The zero-order valence-electron chi connectivity index (χ0n) is 14.0. The minimum Gasteiger partial charge on any atom is -0.347 e. The highest BCUT2D eigenvalue weighted by molar-refractivity contribution is 5.94. The van der Waals surface area contributed by atoms with Crippen LogP contribution < -0.4 is 5.32 Å². The number of halogens is 7. The first-order valence-electron chi connectivity index (χ1n) is 8.18. The molecule has 1 aliphatic carbocycles. The van der Waals surface area contributed by atoms with Gasteiger partial charge in [-0.25, -0.2) is 4.39 Å². The van der Waals surface area contributed by atoms with Gasteiger partial charge in [-0.15, -0.1) is 0 Å². The van der Waals surface area contributed by atoms with Gasteiger partial charge in [-0.3, -0.25) is 9.78 Å². The molecule has 0 saturated heterocycles. The Balaban J connectivity index is 1.78. The van der Waals surface area contributed by atoms with E-state index >= 15 is 0 Å². The Hall–Kier alpha value is -2.65. The van der Waals surface area contributed by atoms with E-state index in [0.29, 0.717) is 18.9 Å². The normalized spacial score (nSPS) is 19.8. The minimum absolute atomic E-state index is 0.0263. The summed E-state index contributed by atoms with van der Waals surface area (Å²) in [6.45, 7) is 0. The molecule has 2 aromatic rings. The molecule has 150 valence electrons. The van der Waals surface area contributed by atoms with Crippen LogP contribution in [-0.4, -0.2) is 16.9 Å². The first kappa shape index (κ1) is 20.1. The number of rotatable bonds is 3. The lowest BCUT2D eigenvalue weighted by Gasteiger charge is -2.37. The number of nitrogens with one attached hydrogen (secondary N) is 1. The topological polar surface area (TPSA) is 42.0 Å². The molecule has 1 fully saturated rings. The number of amides is 1. The summed E-state index contributed by atoms with van der Waals surface area (Å²) in [5, 5.41) is 2.38. The summed E-state index contributed by atoms with van der Waals surface area (Å²) in [5.74, 6) is -2.79. The van der Waals surface area contributed by atoms with Crippen molar-refractivity contribution >= 4 is 5.91 Å². The average Bonchev–Trinajstić information content (AvgIpc) is 2.58. The molecule has 1 heterocycles. The van der Waals surface area contributed by atoms with Gasteiger partial charge in [-0.05, 0) is 42.7 Å². The minimum atomic E-state index is -4.78. The van der Waals surface area contributed by atoms with Gasteiger partial charge in [0.25, 0.3) is 5.91 Å². The van der Waals surface area contributed by atoms with Gasteiger partial charge in [0.15, 0.2) is 0 Å². The lowest BCUT2D eigenvalue weighted by atomic mass is 9.74. The summed E-state index contributed by atoms with van der Waals surface area (Å²) >= 11 is 0. The van der Waals surface area contributed by atoms with Crippen LogP contribution in [0.4, 0.5) is 30.7 Å². The van der Waals surface area contributed by atoms with E-state index in [0.717, 1.165) is 30.5 Å². The van der Waals surface area contributed by atoms with E-state index in [-0.39, 0.29) is 5.56 Å². The summed E-state index contributed by atoms with van der Waals surface area (Å²) in [6, 6.07) is 3.15. The molecule has 1 aliphatic rings. The number of benzene rings is 1. The van der Waals surface area contributed by atoms with E-state index in [1.807, 2.05) is 0 Å². The van der Waals surface area contributed by atoms with Crippen LogP contribution in [0, 0.1) is 5.82 Å². The SMILES string of the molecule is O=C(N[C@@H]1CC[C@@H]1c1ccc(C(F)(F)F)cc1F)c1ncccc1C(F)(F)F. The number of hydrogen-bond donors (Lipinski definition) is 1. The third kappa shape index (κ3) is 3.95. The number of pyridine rings is 1. The van der Waals surface area contributed by atoms with Gasteiger partial charge in [0, 0.05) is 18.2 Å². The van der Waals surface area contributed by atoms with Crippen LogP contribution in [0.5, 0.6) is 0 Å². The van der Waals surface area contributed by atoms with Crippen molar-refractivity contribution in [3.8, 4) is 0 Å². The van der Waals surface area contributed by atoms with Crippen LogP contribution in [0.3, 0.4) is 0 Å². The monoisotopic (exact) mass is 406 g/mol. The van der Waals surface area contributed by atoms with E-state index in [1.54, 1.807) is 0 Å². The maximum Gasteiger partial charge on any atom is 0.418 e. The number of hydrogen-bond acceptors (Lipinski definition) is 2. The standard InChI is InChI=1S/C18H13F7N2O/c19-13-8-9(17(20,21)22)3-4-10(13)11-5-6-14(11)27-16(28)15-12(18(23,24)25)2-1-7-26-15/h1-4,7-8,11,14H,5-6H2,(H,27,28)/t11-,14-/m1/s1. The predicted molar refractivity (Wildman–Crippen MR) is 83.9 cm³/mol. The quantitative estimate of drug-likeness (QED) is 0.735. The van der Waals surface area contributed by atoms with Crippen molar-refractivity contribution in [2.75, 3.05) is 0 Å². The fraction of sp³-hybridized carbons (Fsp3) is 0.333. The van der Waals surface area contributed by atoms with Crippen molar-refractivity contribution < 1.29 is 35.5 Å². The van der Waals surface area contributed by atoms with Crippen molar-refractivity contribution in [2.24, 2.45) is 0 Å². The fourth-order valence-electron chi connectivity index (χ4n) is 3.10. The van der Waals surface area contributed by atoms with Gasteiger partial charge in [0.2, 0.25) is 0 Å². The maximum atomic E-state index is 14.1. The molecule has 28 heavy (non-hydrogen) atoms. The van der Waals surface area contributed by atoms with E-state index in [2.05, 4.69) is 10.3 Å². The Morgan fingerprint density at radius 1 is 1.04 bits per heavy atom. The Labute approximate surface area is 154 Å². The van der Waals surface area contributed by atoms with E-state index in [1.165, 1.54) is 0 Å². The van der Waals surface area contributed by atoms with Crippen LogP contribution in [0.2, 0.25) is 0 Å². The molecule has 0 bridgehead atoms. The van der Waals surface area contributed by atoms with E-state index in [9.17, 15) is 35.5 Å². The molecule has 1 aromatic heterocycles. The molecule has 0 aliphatic heterocycles. The number of carbonyl (C=O) groups is 1. The summed E-state index contributed by atoms with van der Waals surface area (Å²) in [5.41, 5.74) is -3.18. The van der Waals surface area contributed by atoms with E-state index < -0.39 is 52.9 Å². The second kappa shape index (κ2) is 7.06. The molecule has 1 saturated carbocycles. The van der Waals surface area contributed by atoms with Crippen molar-refractivity contribution in [3.05, 3.63) is 64.7 Å². The third-order valence-electron chi connectivity index (χ3n) is 4.65. The Bertz CT molecular complexity index is 892. The molecule has 3 rings (SSSR count). The Kier molecular flexibility index (Phi) is 5.07. The number of nitrogens with zero attached hydrogens (tertiary/aromatic N) is 1. The second-order valence-electron chi connectivity index (χ2n) is 6.40. The molecule has 1 amide bonds. The maximum absolute atomic E-state index is 14.1. The predicted octanol–water partition coefficient (Wildman–Crippen LogP) is 4.93. The molecule has 2 atom stereocenters. The van der Waals surface area contributed by atoms with Gasteiger partial charge in [0.1, 0.15) is 11.5 Å². The molecule has 0 radical (unpaired) electrons. The molecule has 0 unspecified atom stereocenters. The number of aromatic nitrogens is 1. The largest absolute Gasteiger partial charge is 0.418 e. The average molecular weight is 406 g/mol. The van der Waals surface area contributed by atoms with E-state index in [4.69, 9.17) is 0 Å². The van der Waals surface area contributed by atoms with Gasteiger partial charge in [0.05, 0.1) is 11.1 Å². The molecule has 10 heteroatoms. The van der Waals surface area contributed by atoms with Crippen molar-refractivity contribution in [1.82, 2.24) is 10.3 Å². The third-order valence-corrected chi connectivity index (χ3v) is 4.65. The van der Waals surface area contributed by atoms with Crippen molar-refractivity contribution in [3.63, 3.8) is 0 Å². The van der Waals surface area contributed by atoms with Gasteiger partial charge < -0.3 is 5.32 Å². The number of carbonyl (C=O) groups excluding carboxylic acids is 1. The molecule has 1 N–H and O–H groups in total. The van der Waals surface area contributed by atoms with Gasteiger partial charge in [-0.2, -0.15) is 26.3 Å². The lowest BCUT2D eigenvalue weighted by Crippen LogP contribution is -2.46. The molecule has 1 aromatic carbocycles. The lowest BCUT2D eigenvalue weighted by molar-refractivity contribution is -0.138. The summed E-state index contributed by atoms with van der Waals surface area (Å²) in [6.07, 6.45) is -7.70.